The van der Waals surface area contributed by atoms with E-state index >= 15 is 0 Å². The third kappa shape index (κ3) is 4.41. The summed E-state index contributed by atoms with van der Waals surface area (Å²) in [4.78, 5) is 9.14. The molecule has 10 nitrogen and oxygen atoms in total. The van der Waals surface area contributed by atoms with Crippen LogP contribution in [-0.2, 0) is 27.8 Å². The van der Waals surface area contributed by atoms with Crippen molar-refractivity contribution in [2.75, 3.05) is 33.5 Å². The molecule has 1 aliphatic rings. The minimum Gasteiger partial charge on any atom is -0.383 e. The number of imidazole rings is 1. The van der Waals surface area contributed by atoms with Crippen molar-refractivity contribution in [3.63, 3.8) is 0 Å². The number of aromatic nitrogens is 7. The first kappa shape index (κ1) is 24.5. The Kier molecular flexibility index (Phi) is 6.38. The van der Waals surface area contributed by atoms with Crippen LogP contribution in [0.1, 0.15) is 6.42 Å². The highest BCUT2D eigenvalue weighted by Gasteiger charge is 2.53. The van der Waals surface area contributed by atoms with Crippen LogP contribution >= 0.6 is 0 Å². The van der Waals surface area contributed by atoms with Crippen molar-refractivity contribution in [3.05, 3.63) is 43.2 Å². The van der Waals surface area contributed by atoms with Crippen LogP contribution in [-0.4, -0.2) is 81.4 Å². The summed E-state index contributed by atoms with van der Waals surface area (Å²) in [6, 6.07) is 1.81. The molecule has 4 aromatic rings. The van der Waals surface area contributed by atoms with Gasteiger partial charge in [0.2, 0.25) is 11.0 Å². The quantitative estimate of drug-likeness (QED) is 0.311. The Bertz CT molecular complexity index is 1390. The van der Waals surface area contributed by atoms with E-state index in [1.165, 1.54) is 10.9 Å². The SMILES string of the molecule is COCCn1cc(-c2cc3nccn3c(-c3cnn(C4(CCF)CN(S(=O)C(F)(F)F)C4)c3)n2)cn1. The van der Waals surface area contributed by atoms with Crippen LogP contribution in [0.2, 0.25) is 0 Å². The number of rotatable bonds is 9. The lowest BCUT2D eigenvalue weighted by Gasteiger charge is -2.48. The predicted octanol–water partition coefficient (Wildman–Crippen LogP) is 2.66. The summed E-state index contributed by atoms with van der Waals surface area (Å²) in [5, 5.41) is 8.65. The molecule has 0 aromatic carbocycles. The van der Waals surface area contributed by atoms with E-state index in [1.54, 1.807) is 41.0 Å². The molecule has 5 rings (SSSR count). The molecule has 0 N–H and O–H groups in total. The van der Waals surface area contributed by atoms with Gasteiger partial charge in [-0.3, -0.25) is 18.2 Å². The number of methoxy groups -OCH3 is 1. The van der Waals surface area contributed by atoms with E-state index < -0.39 is 28.7 Å². The zero-order valence-electron chi connectivity index (χ0n) is 19.1. The summed E-state index contributed by atoms with van der Waals surface area (Å²) in [7, 11) is -1.55. The van der Waals surface area contributed by atoms with Crippen molar-refractivity contribution in [1.29, 1.82) is 0 Å². The van der Waals surface area contributed by atoms with E-state index in [0.29, 0.717) is 35.9 Å². The van der Waals surface area contributed by atoms with Crippen molar-refractivity contribution in [3.8, 4) is 22.6 Å². The Balaban J connectivity index is 1.47. The van der Waals surface area contributed by atoms with Gasteiger partial charge in [-0.1, -0.05) is 0 Å². The molecule has 36 heavy (non-hydrogen) atoms. The molecular weight excluding hydrogens is 504 g/mol. The van der Waals surface area contributed by atoms with E-state index in [2.05, 4.69) is 15.2 Å². The topological polar surface area (TPSA) is 95.4 Å². The zero-order chi connectivity index (χ0) is 25.5. The van der Waals surface area contributed by atoms with Gasteiger partial charge in [0.1, 0.15) is 11.5 Å². The van der Waals surface area contributed by atoms with Gasteiger partial charge < -0.3 is 4.74 Å². The Morgan fingerprint density at radius 3 is 2.67 bits per heavy atom. The summed E-state index contributed by atoms with van der Waals surface area (Å²) in [5.74, 6) is 0.501. The molecule has 1 aliphatic heterocycles. The smallest absolute Gasteiger partial charge is 0.383 e. The number of hydrogen-bond acceptors (Lipinski definition) is 6. The molecular formula is C21H22F4N8O2S. The van der Waals surface area contributed by atoms with Crippen molar-refractivity contribution in [2.24, 2.45) is 0 Å². The Hall–Kier alpha value is -3.17. The van der Waals surface area contributed by atoms with Crippen molar-refractivity contribution in [2.45, 2.75) is 24.0 Å². The van der Waals surface area contributed by atoms with E-state index in [-0.39, 0.29) is 19.5 Å². The van der Waals surface area contributed by atoms with Crippen LogP contribution in [0.3, 0.4) is 0 Å². The number of halogens is 4. The van der Waals surface area contributed by atoms with Gasteiger partial charge in [-0.25, -0.2) is 18.5 Å². The van der Waals surface area contributed by atoms with Crippen LogP contribution in [0.5, 0.6) is 0 Å². The van der Waals surface area contributed by atoms with Crippen LogP contribution < -0.4 is 0 Å². The van der Waals surface area contributed by atoms with Gasteiger partial charge in [0, 0.05) is 63.0 Å². The molecule has 0 aliphatic carbocycles. The van der Waals surface area contributed by atoms with Gasteiger partial charge in [-0.2, -0.15) is 23.4 Å². The van der Waals surface area contributed by atoms with Crippen molar-refractivity contribution >= 4 is 16.6 Å². The third-order valence-electron chi connectivity index (χ3n) is 6.10. The van der Waals surface area contributed by atoms with Gasteiger partial charge in [0.15, 0.2) is 0 Å². The lowest BCUT2D eigenvalue weighted by molar-refractivity contribution is -0.0505. The number of alkyl halides is 4. The number of fused-ring (bicyclic) bond motifs is 1. The molecule has 0 bridgehead atoms. The average Bonchev–Trinajstić information content (AvgIpc) is 3.58. The summed E-state index contributed by atoms with van der Waals surface area (Å²) >= 11 is 0. The molecule has 1 atom stereocenters. The van der Waals surface area contributed by atoms with Crippen LogP contribution in [0.4, 0.5) is 17.6 Å². The average molecular weight is 527 g/mol. The van der Waals surface area contributed by atoms with E-state index in [9.17, 15) is 21.8 Å². The first-order valence-electron chi connectivity index (χ1n) is 11.0. The van der Waals surface area contributed by atoms with Crippen molar-refractivity contribution in [1.82, 2.24) is 38.2 Å². The summed E-state index contributed by atoms with van der Waals surface area (Å²) in [6.07, 6.45) is 9.97. The summed E-state index contributed by atoms with van der Waals surface area (Å²) in [5.41, 5.74) is -3.33. The first-order chi connectivity index (χ1) is 17.2. The lowest BCUT2D eigenvalue weighted by Crippen LogP contribution is -2.64. The fourth-order valence-electron chi connectivity index (χ4n) is 4.24. The Morgan fingerprint density at radius 1 is 1.17 bits per heavy atom. The van der Waals surface area contributed by atoms with Gasteiger partial charge in [-0.15, -0.1) is 0 Å². The molecule has 1 saturated heterocycles. The van der Waals surface area contributed by atoms with Gasteiger partial charge in [0.25, 0.3) is 0 Å². The minimum atomic E-state index is -4.87. The molecule has 0 radical (unpaired) electrons. The second-order valence-corrected chi connectivity index (χ2v) is 9.91. The second kappa shape index (κ2) is 9.37. The number of nitrogens with zero attached hydrogens (tertiary/aromatic N) is 8. The first-order valence-corrected chi connectivity index (χ1v) is 12.1. The van der Waals surface area contributed by atoms with Crippen molar-refractivity contribution < 1.29 is 26.5 Å². The number of ether oxygens (including phenoxy) is 1. The monoisotopic (exact) mass is 526 g/mol. The minimum absolute atomic E-state index is 0.0612. The molecule has 192 valence electrons. The second-order valence-electron chi connectivity index (χ2n) is 8.44. The third-order valence-corrected chi connectivity index (χ3v) is 7.23. The highest BCUT2D eigenvalue weighted by molar-refractivity contribution is 7.83. The van der Waals surface area contributed by atoms with E-state index in [4.69, 9.17) is 9.72 Å². The summed E-state index contributed by atoms with van der Waals surface area (Å²) < 4.78 is 74.5. The molecule has 15 heteroatoms. The fraction of sp³-hybridized carbons (Fsp3) is 0.429. The molecule has 1 unspecified atom stereocenters. The standard InChI is InChI=1S/C21H22F4N8O2S/c1-35-7-6-30-11-15(9-27-30)17-8-18-26-4-5-32(18)19(29-17)16-10-28-33(12-16)20(2-3-22)13-31(14-20)36(34)21(23,24)25/h4-5,8-12H,2-3,6-7,13-14H2,1H3. The van der Waals surface area contributed by atoms with Crippen LogP contribution in [0, 0.1) is 0 Å². The van der Waals surface area contributed by atoms with Crippen LogP contribution in [0.15, 0.2) is 43.2 Å². The number of hydrogen-bond donors (Lipinski definition) is 0. The zero-order valence-corrected chi connectivity index (χ0v) is 19.9. The summed E-state index contributed by atoms with van der Waals surface area (Å²) in [6.45, 7) is -0.146. The van der Waals surface area contributed by atoms with Crippen LogP contribution in [0.25, 0.3) is 28.3 Å². The molecule has 0 saturated carbocycles. The molecule has 1 fully saturated rings. The highest BCUT2D eigenvalue weighted by Crippen LogP contribution is 2.38. The highest BCUT2D eigenvalue weighted by atomic mass is 32.2. The normalized spacial score (nSPS) is 16.9. The molecule has 5 heterocycles. The largest absolute Gasteiger partial charge is 0.485 e. The maximum atomic E-state index is 13.4. The molecule has 0 amide bonds. The molecule has 4 aromatic heterocycles. The fourth-order valence-corrected chi connectivity index (χ4v) is 5.25. The Morgan fingerprint density at radius 2 is 1.94 bits per heavy atom. The predicted molar refractivity (Wildman–Crippen MR) is 122 cm³/mol. The lowest BCUT2D eigenvalue weighted by atomic mass is 9.89. The van der Waals surface area contributed by atoms with Gasteiger partial charge in [-0.05, 0) is 0 Å². The van der Waals surface area contributed by atoms with E-state index in [0.717, 1.165) is 9.87 Å². The van der Waals surface area contributed by atoms with E-state index in [1.807, 2.05) is 12.3 Å². The maximum Gasteiger partial charge on any atom is 0.485 e. The van der Waals surface area contributed by atoms with Gasteiger partial charge >= 0.3 is 5.51 Å². The van der Waals surface area contributed by atoms with Gasteiger partial charge in [0.05, 0.1) is 49.0 Å². The Labute approximate surface area is 205 Å². The maximum absolute atomic E-state index is 13.4. The molecule has 0 spiro atoms.